The molecule has 1 aromatic rings. The summed E-state index contributed by atoms with van der Waals surface area (Å²) in [6.45, 7) is 7.31. The van der Waals surface area contributed by atoms with E-state index in [0.717, 1.165) is 12.1 Å². The number of hydrogen-bond acceptors (Lipinski definition) is 3. The molecule has 1 N–H and O–H groups in total. The molecular formula is C14H20FNO3S. The van der Waals surface area contributed by atoms with Gasteiger partial charge in [0, 0.05) is 18.0 Å². The monoisotopic (exact) mass is 301 g/mol. The fourth-order valence-electron chi connectivity index (χ4n) is 1.55. The van der Waals surface area contributed by atoms with E-state index in [9.17, 15) is 17.6 Å². The first-order chi connectivity index (χ1) is 9.15. The number of carbonyl (C=O) groups excluding carboxylic acids is 1. The molecule has 0 aliphatic heterocycles. The number of rotatable bonds is 6. The summed E-state index contributed by atoms with van der Waals surface area (Å²) in [7, 11) is -3.94. The van der Waals surface area contributed by atoms with Crippen LogP contribution in [0.2, 0.25) is 0 Å². The van der Waals surface area contributed by atoms with Crippen LogP contribution in [0.1, 0.15) is 38.1 Å². The van der Waals surface area contributed by atoms with Crippen molar-refractivity contribution in [3.63, 3.8) is 0 Å². The highest BCUT2D eigenvalue weighted by molar-refractivity contribution is 7.89. The fraction of sp³-hybridized carbons (Fsp3) is 0.500. The van der Waals surface area contributed by atoms with Crippen molar-refractivity contribution in [3.05, 3.63) is 29.6 Å². The lowest BCUT2D eigenvalue weighted by atomic mass is 10.0. The highest BCUT2D eigenvalue weighted by Gasteiger charge is 2.22. The van der Waals surface area contributed by atoms with E-state index in [1.807, 2.05) is 13.8 Å². The predicted molar refractivity (Wildman–Crippen MR) is 75.6 cm³/mol. The Balaban J connectivity index is 3.17. The summed E-state index contributed by atoms with van der Waals surface area (Å²) in [4.78, 5) is 11.4. The molecule has 0 saturated carbocycles. The standard InChI is InChI=1S/C14H20FNO3S/c1-9(2)8-16-20(18,19)13-7-11(5-6-12(13)15)14(17)10(3)4/h5-7,9-10,16H,8H2,1-4H3. The summed E-state index contributed by atoms with van der Waals surface area (Å²) >= 11 is 0. The smallest absolute Gasteiger partial charge is 0.243 e. The van der Waals surface area contributed by atoms with Crippen molar-refractivity contribution in [2.45, 2.75) is 32.6 Å². The molecule has 0 heterocycles. The quantitative estimate of drug-likeness (QED) is 0.821. The van der Waals surface area contributed by atoms with Crippen LogP contribution in [0.15, 0.2) is 23.1 Å². The van der Waals surface area contributed by atoms with Crippen molar-refractivity contribution < 1.29 is 17.6 Å². The molecule has 0 unspecified atom stereocenters. The first-order valence-corrected chi connectivity index (χ1v) is 7.97. The largest absolute Gasteiger partial charge is 0.294 e. The normalized spacial score (nSPS) is 12.2. The summed E-state index contributed by atoms with van der Waals surface area (Å²) < 4.78 is 40.1. The number of sulfonamides is 1. The van der Waals surface area contributed by atoms with Gasteiger partial charge in [-0.1, -0.05) is 27.7 Å². The molecule has 0 amide bonds. The molecule has 1 aromatic carbocycles. The first kappa shape index (κ1) is 16.8. The molecule has 4 nitrogen and oxygen atoms in total. The molecule has 0 spiro atoms. The Morgan fingerprint density at radius 3 is 2.35 bits per heavy atom. The number of halogens is 1. The third kappa shape index (κ3) is 4.11. The van der Waals surface area contributed by atoms with E-state index < -0.39 is 20.7 Å². The second kappa shape index (κ2) is 6.45. The van der Waals surface area contributed by atoms with Crippen LogP contribution in [0.25, 0.3) is 0 Å². The lowest BCUT2D eigenvalue weighted by Crippen LogP contribution is -2.28. The lowest BCUT2D eigenvalue weighted by molar-refractivity contribution is 0.0939. The van der Waals surface area contributed by atoms with Crippen molar-refractivity contribution in [3.8, 4) is 0 Å². The molecule has 0 aliphatic rings. The van der Waals surface area contributed by atoms with Gasteiger partial charge in [-0.25, -0.2) is 17.5 Å². The second-order valence-corrected chi connectivity index (χ2v) is 7.15. The Morgan fingerprint density at radius 1 is 1.25 bits per heavy atom. The van der Waals surface area contributed by atoms with Gasteiger partial charge in [-0.2, -0.15) is 0 Å². The van der Waals surface area contributed by atoms with Crippen molar-refractivity contribution >= 4 is 15.8 Å². The minimum Gasteiger partial charge on any atom is -0.294 e. The Labute approximate surface area is 119 Å². The molecule has 0 atom stereocenters. The third-order valence-corrected chi connectivity index (χ3v) is 4.15. The Hall–Kier alpha value is -1.27. The molecule has 20 heavy (non-hydrogen) atoms. The van der Waals surface area contributed by atoms with E-state index in [1.54, 1.807) is 13.8 Å². The summed E-state index contributed by atoms with van der Waals surface area (Å²) in [6.07, 6.45) is 0. The molecule has 0 bridgehead atoms. The number of ketones is 1. The second-order valence-electron chi connectivity index (χ2n) is 5.41. The van der Waals surface area contributed by atoms with E-state index >= 15 is 0 Å². The SMILES string of the molecule is CC(C)CNS(=O)(=O)c1cc(C(=O)C(C)C)ccc1F. The van der Waals surface area contributed by atoms with Gasteiger partial charge in [0.2, 0.25) is 10.0 Å². The number of hydrogen-bond donors (Lipinski definition) is 1. The number of carbonyl (C=O) groups is 1. The maximum Gasteiger partial charge on any atom is 0.243 e. The Kier molecular flexibility index (Phi) is 5.42. The molecule has 0 radical (unpaired) electrons. The molecule has 0 saturated heterocycles. The van der Waals surface area contributed by atoms with Crippen molar-refractivity contribution in [2.75, 3.05) is 6.54 Å². The predicted octanol–water partition coefficient (Wildman–Crippen LogP) is 2.60. The van der Waals surface area contributed by atoms with Crippen LogP contribution >= 0.6 is 0 Å². The zero-order valence-electron chi connectivity index (χ0n) is 12.1. The van der Waals surface area contributed by atoms with Crippen LogP contribution in [0.5, 0.6) is 0 Å². The van der Waals surface area contributed by atoms with E-state index in [-0.39, 0.29) is 29.7 Å². The molecule has 1 rings (SSSR count). The Bertz CT molecular complexity index is 594. The van der Waals surface area contributed by atoms with Gasteiger partial charge in [0.1, 0.15) is 10.7 Å². The van der Waals surface area contributed by atoms with Gasteiger partial charge >= 0.3 is 0 Å². The van der Waals surface area contributed by atoms with Gasteiger partial charge in [0.05, 0.1) is 0 Å². The minimum absolute atomic E-state index is 0.105. The van der Waals surface area contributed by atoms with Crippen LogP contribution in [-0.2, 0) is 10.0 Å². The molecular weight excluding hydrogens is 281 g/mol. The summed E-state index contributed by atoms with van der Waals surface area (Å²) in [5, 5.41) is 0. The van der Waals surface area contributed by atoms with E-state index in [0.29, 0.717) is 0 Å². The minimum atomic E-state index is -3.94. The molecule has 112 valence electrons. The first-order valence-electron chi connectivity index (χ1n) is 6.48. The molecule has 0 fully saturated rings. The average molecular weight is 301 g/mol. The number of benzene rings is 1. The van der Waals surface area contributed by atoms with Gasteiger partial charge in [-0.3, -0.25) is 4.79 Å². The van der Waals surface area contributed by atoms with Gasteiger partial charge < -0.3 is 0 Å². The van der Waals surface area contributed by atoms with E-state index in [4.69, 9.17) is 0 Å². The van der Waals surface area contributed by atoms with Gasteiger partial charge in [0.25, 0.3) is 0 Å². The summed E-state index contributed by atoms with van der Waals surface area (Å²) in [5.41, 5.74) is 0.200. The van der Waals surface area contributed by atoms with Gasteiger partial charge in [-0.05, 0) is 24.1 Å². The van der Waals surface area contributed by atoms with Crippen LogP contribution in [-0.4, -0.2) is 20.7 Å². The fourth-order valence-corrected chi connectivity index (χ4v) is 2.87. The van der Waals surface area contributed by atoms with Gasteiger partial charge in [0.15, 0.2) is 5.78 Å². The highest BCUT2D eigenvalue weighted by Crippen LogP contribution is 2.18. The van der Waals surface area contributed by atoms with Crippen LogP contribution in [0.3, 0.4) is 0 Å². The molecule has 6 heteroatoms. The van der Waals surface area contributed by atoms with Crippen LogP contribution < -0.4 is 4.72 Å². The molecule has 0 aromatic heterocycles. The van der Waals surface area contributed by atoms with Crippen molar-refractivity contribution in [1.29, 1.82) is 0 Å². The topological polar surface area (TPSA) is 63.2 Å². The van der Waals surface area contributed by atoms with Crippen molar-refractivity contribution in [2.24, 2.45) is 11.8 Å². The molecule has 0 aliphatic carbocycles. The van der Waals surface area contributed by atoms with E-state index in [1.165, 1.54) is 6.07 Å². The summed E-state index contributed by atoms with van der Waals surface area (Å²) in [5.74, 6) is -1.25. The zero-order valence-corrected chi connectivity index (χ0v) is 12.9. The maximum atomic E-state index is 13.7. The summed E-state index contributed by atoms with van der Waals surface area (Å²) in [6, 6.07) is 3.42. The average Bonchev–Trinajstić information content (AvgIpc) is 2.36. The van der Waals surface area contributed by atoms with E-state index in [2.05, 4.69) is 4.72 Å². The van der Waals surface area contributed by atoms with Crippen LogP contribution in [0.4, 0.5) is 4.39 Å². The highest BCUT2D eigenvalue weighted by atomic mass is 32.2. The number of nitrogens with one attached hydrogen (secondary N) is 1. The van der Waals surface area contributed by atoms with Crippen LogP contribution in [0, 0.1) is 17.7 Å². The zero-order chi connectivity index (χ0) is 15.5. The number of Topliss-reactive ketones (excluding diaryl/α,β-unsaturated/α-hetero) is 1. The lowest BCUT2D eigenvalue weighted by Gasteiger charge is -2.11. The van der Waals surface area contributed by atoms with Crippen molar-refractivity contribution in [1.82, 2.24) is 4.72 Å². The maximum absolute atomic E-state index is 13.7. The Morgan fingerprint density at radius 2 is 1.85 bits per heavy atom. The third-order valence-electron chi connectivity index (χ3n) is 2.71. The van der Waals surface area contributed by atoms with Gasteiger partial charge in [-0.15, -0.1) is 0 Å².